The molecule has 1 aromatic carbocycles. The van der Waals surface area contributed by atoms with Crippen LogP contribution in [0.25, 0.3) is 11.1 Å². The van der Waals surface area contributed by atoms with E-state index < -0.39 is 5.82 Å². The van der Waals surface area contributed by atoms with Crippen molar-refractivity contribution in [2.75, 3.05) is 12.8 Å². The van der Waals surface area contributed by atoms with Crippen LogP contribution in [0.1, 0.15) is 0 Å². The third kappa shape index (κ3) is 1.60. The van der Waals surface area contributed by atoms with Gasteiger partial charge in [-0.05, 0) is 6.07 Å². The van der Waals surface area contributed by atoms with Crippen LogP contribution in [0, 0.1) is 5.82 Å². The second-order valence-electron chi connectivity index (χ2n) is 3.42. The van der Waals surface area contributed by atoms with E-state index in [0.29, 0.717) is 16.9 Å². The van der Waals surface area contributed by atoms with Crippen LogP contribution < -0.4 is 10.5 Å². The molecule has 1 aromatic heterocycles. The highest BCUT2D eigenvalue weighted by molar-refractivity contribution is 5.74. The zero-order chi connectivity index (χ0) is 11.7. The number of benzene rings is 1. The number of nitrogens with zero attached hydrogens (tertiary/aromatic N) is 2. The molecule has 0 aliphatic carbocycles. The Labute approximate surface area is 92.4 Å². The van der Waals surface area contributed by atoms with Crippen molar-refractivity contribution < 1.29 is 9.13 Å². The molecule has 16 heavy (non-hydrogen) atoms. The smallest absolute Gasteiger partial charge is 0.173 e. The van der Waals surface area contributed by atoms with Gasteiger partial charge in [0.05, 0.1) is 7.11 Å². The van der Waals surface area contributed by atoms with Crippen LogP contribution >= 0.6 is 0 Å². The molecule has 0 atom stereocenters. The van der Waals surface area contributed by atoms with Gasteiger partial charge in [0.1, 0.15) is 0 Å². The minimum Gasteiger partial charge on any atom is -0.494 e. The van der Waals surface area contributed by atoms with Crippen LogP contribution in [-0.4, -0.2) is 16.9 Å². The van der Waals surface area contributed by atoms with Gasteiger partial charge in [-0.3, -0.25) is 4.68 Å². The van der Waals surface area contributed by atoms with Gasteiger partial charge in [0, 0.05) is 24.4 Å². The third-order valence-corrected chi connectivity index (χ3v) is 2.33. The van der Waals surface area contributed by atoms with E-state index in [2.05, 4.69) is 5.10 Å². The minimum atomic E-state index is -0.426. The maximum Gasteiger partial charge on any atom is 0.173 e. The molecule has 0 bridgehead atoms. The Bertz CT molecular complexity index is 522. The van der Waals surface area contributed by atoms with Crippen molar-refractivity contribution in [2.45, 2.75) is 0 Å². The summed E-state index contributed by atoms with van der Waals surface area (Å²) < 4.78 is 20.4. The minimum absolute atomic E-state index is 0.195. The largest absolute Gasteiger partial charge is 0.494 e. The Balaban J connectivity index is 2.60. The van der Waals surface area contributed by atoms with Crippen LogP contribution in [0.3, 0.4) is 0 Å². The summed E-state index contributed by atoms with van der Waals surface area (Å²) in [6, 6.07) is 4.92. The molecule has 0 aliphatic heterocycles. The summed E-state index contributed by atoms with van der Waals surface area (Å²) in [6.45, 7) is 0. The Morgan fingerprint density at radius 2 is 2.12 bits per heavy atom. The molecule has 0 amide bonds. The van der Waals surface area contributed by atoms with Crippen LogP contribution in [0.2, 0.25) is 0 Å². The first-order valence-corrected chi connectivity index (χ1v) is 4.75. The molecule has 0 saturated carbocycles. The Kier molecular flexibility index (Phi) is 2.52. The van der Waals surface area contributed by atoms with Crippen molar-refractivity contribution in [1.82, 2.24) is 9.78 Å². The molecule has 4 nitrogen and oxygen atoms in total. The molecule has 0 unspecified atom stereocenters. The van der Waals surface area contributed by atoms with Crippen LogP contribution in [0.4, 0.5) is 10.2 Å². The number of nitrogen functional groups attached to an aromatic ring is 1. The van der Waals surface area contributed by atoms with Crippen LogP contribution in [0.15, 0.2) is 24.4 Å². The lowest BCUT2D eigenvalue weighted by molar-refractivity contribution is 0.387. The fourth-order valence-electron chi connectivity index (χ4n) is 1.59. The van der Waals surface area contributed by atoms with Gasteiger partial charge >= 0.3 is 0 Å². The van der Waals surface area contributed by atoms with Crippen molar-refractivity contribution in [1.29, 1.82) is 0 Å². The first-order chi connectivity index (χ1) is 7.63. The molecule has 0 spiro atoms. The van der Waals surface area contributed by atoms with E-state index in [1.165, 1.54) is 7.11 Å². The fourth-order valence-corrected chi connectivity index (χ4v) is 1.59. The molecular weight excluding hydrogens is 209 g/mol. The van der Waals surface area contributed by atoms with E-state index in [1.807, 2.05) is 0 Å². The van der Waals surface area contributed by atoms with Gasteiger partial charge in [-0.2, -0.15) is 5.10 Å². The summed E-state index contributed by atoms with van der Waals surface area (Å²) in [5.74, 6) is 0.0695. The SMILES string of the molecule is COc1cccc(-c2cn(C)nc2N)c1F. The molecule has 1 heterocycles. The van der Waals surface area contributed by atoms with Crippen molar-refractivity contribution in [3.63, 3.8) is 0 Å². The number of hydrogen-bond acceptors (Lipinski definition) is 3. The standard InChI is InChI=1S/C11H12FN3O/c1-15-6-8(11(13)14-15)7-4-3-5-9(16-2)10(7)12/h3-6H,1-2H3,(H2,13,14). The zero-order valence-electron chi connectivity index (χ0n) is 9.07. The highest BCUT2D eigenvalue weighted by Gasteiger charge is 2.14. The van der Waals surface area contributed by atoms with Gasteiger partial charge in [-0.25, -0.2) is 4.39 Å². The highest BCUT2D eigenvalue weighted by atomic mass is 19.1. The number of rotatable bonds is 2. The van der Waals surface area contributed by atoms with Crippen LogP contribution in [-0.2, 0) is 7.05 Å². The number of methoxy groups -OCH3 is 1. The first-order valence-electron chi connectivity index (χ1n) is 4.75. The maximum absolute atomic E-state index is 13.9. The van der Waals surface area contributed by atoms with E-state index in [0.717, 1.165) is 0 Å². The van der Waals surface area contributed by atoms with Gasteiger partial charge in [0.2, 0.25) is 0 Å². The average Bonchev–Trinajstić information content (AvgIpc) is 2.58. The number of anilines is 1. The van der Waals surface area contributed by atoms with E-state index >= 15 is 0 Å². The summed E-state index contributed by atoms with van der Waals surface area (Å²) >= 11 is 0. The number of halogens is 1. The second kappa shape index (κ2) is 3.84. The predicted octanol–water partition coefficient (Wildman–Crippen LogP) is 1.82. The zero-order valence-corrected chi connectivity index (χ0v) is 9.07. The molecule has 2 N–H and O–H groups in total. The van der Waals surface area contributed by atoms with Gasteiger partial charge in [-0.1, -0.05) is 12.1 Å². The monoisotopic (exact) mass is 221 g/mol. The molecule has 0 aliphatic rings. The summed E-state index contributed by atoms with van der Waals surface area (Å²) in [4.78, 5) is 0. The fraction of sp³-hybridized carbons (Fsp3) is 0.182. The molecule has 84 valence electrons. The molecular formula is C11H12FN3O. The summed E-state index contributed by atoms with van der Waals surface area (Å²) in [6.07, 6.45) is 1.67. The molecule has 0 radical (unpaired) electrons. The van der Waals surface area contributed by atoms with Crippen molar-refractivity contribution in [3.05, 3.63) is 30.2 Å². The van der Waals surface area contributed by atoms with Crippen molar-refractivity contribution in [2.24, 2.45) is 7.05 Å². The predicted molar refractivity (Wildman–Crippen MR) is 59.6 cm³/mol. The summed E-state index contributed by atoms with van der Waals surface area (Å²) in [5.41, 5.74) is 6.66. The maximum atomic E-state index is 13.9. The Hall–Kier alpha value is -2.04. The summed E-state index contributed by atoms with van der Waals surface area (Å²) in [7, 11) is 3.16. The van der Waals surface area contributed by atoms with Gasteiger partial charge in [-0.15, -0.1) is 0 Å². The van der Waals surface area contributed by atoms with Crippen molar-refractivity contribution >= 4 is 5.82 Å². The number of hydrogen-bond donors (Lipinski definition) is 1. The van der Waals surface area contributed by atoms with Crippen molar-refractivity contribution in [3.8, 4) is 16.9 Å². The Morgan fingerprint density at radius 3 is 2.69 bits per heavy atom. The topological polar surface area (TPSA) is 53.1 Å². The molecule has 2 aromatic rings. The number of ether oxygens (including phenoxy) is 1. The highest BCUT2D eigenvalue weighted by Crippen LogP contribution is 2.31. The third-order valence-electron chi connectivity index (χ3n) is 2.33. The molecule has 2 rings (SSSR count). The van der Waals surface area contributed by atoms with Crippen LogP contribution in [0.5, 0.6) is 5.75 Å². The van der Waals surface area contributed by atoms with E-state index in [-0.39, 0.29) is 5.75 Å². The molecule has 0 saturated heterocycles. The number of aryl methyl sites for hydroxylation is 1. The van der Waals surface area contributed by atoms with E-state index in [9.17, 15) is 4.39 Å². The van der Waals surface area contributed by atoms with Gasteiger partial charge < -0.3 is 10.5 Å². The lowest BCUT2D eigenvalue weighted by Crippen LogP contribution is -1.93. The lowest BCUT2D eigenvalue weighted by Gasteiger charge is -2.05. The number of nitrogens with two attached hydrogens (primary N) is 1. The molecule has 5 heteroatoms. The van der Waals surface area contributed by atoms with E-state index in [1.54, 1.807) is 36.1 Å². The quantitative estimate of drug-likeness (QED) is 0.841. The number of aromatic nitrogens is 2. The summed E-state index contributed by atoms with van der Waals surface area (Å²) in [5, 5.41) is 3.97. The van der Waals surface area contributed by atoms with Gasteiger partial charge in [0.25, 0.3) is 0 Å². The normalized spacial score (nSPS) is 10.4. The first kappa shape index (κ1) is 10.5. The average molecular weight is 221 g/mol. The molecule has 0 fully saturated rings. The lowest BCUT2D eigenvalue weighted by atomic mass is 10.1. The Morgan fingerprint density at radius 1 is 1.38 bits per heavy atom. The van der Waals surface area contributed by atoms with E-state index in [4.69, 9.17) is 10.5 Å². The van der Waals surface area contributed by atoms with Gasteiger partial charge in [0.15, 0.2) is 17.4 Å². The second-order valence-corrected chi connectivity index (χ2v) is 3.42.